The van der Waals surface area contributed by atoms with E-state index in [2.05, 4.69) is 5.32 Å². The van der Waals surface area contributed by atoms with Crippen molar-refractivity contribution in [2.24, 2.45) is 0 Å². The van der Waals surface area contributed by atoms with Crippen molar-refractivity contribution in [3.63, 3.8) is 0 Å². The van der Waals surface area contributed by atoms with Gasteiger partial charge in [-0.25, -0.2) is 4.79 Å². The number of thiophene rings is 1. The molecule has 80 valence electrons. The van der Waals surface area contributed by atoms with Gasteiger partial charge in [-0.1, -0.05) is 0 Å². The van der Waals surface area contributed by atoms with Gasteiger partial charge in [0.1, 0.15) is 0 Å². The van der Waals surface area contributed by atoms with Gasteiger partial charge in [0.05, 0.1) is 11.7 Å². The Morgan fingerprint density at radius 2 is 2.47 bits per heavy atom. The summed E-state index contributed by atoms with van der Waals surface area (Å²) in [6.45, 7) is 3.50. The van der Waals surface area contributed by atoms with E-state index in [4.69, 9.17) is 0 Å². The molecule has 2 amide bonds. The average Bonchev–Trinajstić information content (AvgIpc) is 2.87. The van der Waals surface area contributed by atoms with Crippen molar-refractivity contribution in [2.45, 2.75) is 6.04 Å². The van der Waals surface area contributed by atoms with Crippen LogP contribution in [0.5, 0.6) is 0 Å². The number of urea groups is 1. The number of hydrogen-bond donors (Lipinski definition) is 1. The molecule has 4 nitrogen and oxygen atoms in total. The normalized spacial score (nSPS) is 25.9. The van der Waals surface area contributed by atoms with Gasteiger partial charge in [0.25, 0.3) is 0 Å². The molecule has 0 bridgehead atoms. The van der Waals surface area contributed by atoms with E-state index in [-0.39, 0.29) is 6.03 Å². The molecule has 0 aromatic carbocycles. The van der Waals surface area contributed by atoms with Gasteiger partial charge in [-0.05, 0) is 11.4 Å². The second kappa shape index (κ2) is 3.50. The maximum absolute atomic E-state index is 12.1. The van der Waals surface area contributed by atoms with Crippen LogP contribution in [-0.2, 0) is 0 Å². The second-order valence-electron chi connectivity index (χ2n) is 3.93. The van der Waals surface area contributed by atoms with Crippen molar-refractivity contribution in [1.82, 2.24) is 10.2 Å². The lowest BCUT2D eigenvalue weighted by Gasteiger charge is -2.28. The molecule has 1 atom stereocenters. The molecule has 1 aromatic rings. The van der Waals surface area contributed by atoms with Crippen LogP contribution in [0.2, 0.25) is 0 Å². The monoisotopic (exact) mass is 223 g/mol. The molecule has 0 radical (unpaired) electrons. The Morgan fingerprint density at radius 1 is 1.53 bits per heavy atom. The predicted octanol–water partition coefficient (Wildman–Crippen LogP) is 0.962. The molecule has 1 aromatic heterocycles. The average molecular weight is 223 g/mol. The summed E-state index contributed by atoms with van der Waals surface area (Å²) in [5.41, 5.74) is 1.04. The fraction of sp³-hybridized carbons (Fsp3) is 0.500. The highest BCUT2D eigenvalue weighted by Crippen LogP contribution is 2.26. The van der Waals surface area contributed by atoms with Crippen LogP contribution in [0, 0.1) is 0 Å². The summed E-state index contributed by atoms with van der Waals surface area (Å²) in [7, 11) is 0. The fourth-order valence-corrected chi connectivity index (χ4v) is 2.89. The highest BCUT2D eigenvalue weighted by molar-refractivity contribution is 7.08. The number of carbonyl (C=O) groups excluding carboxylic acids is 1. The van der Waals surface area contributed by atoms with Crippen molar-refractivity contribution >= 4 is 23.1 Å². The van der Waals surface area contributed by atoms with Gasteiger partial charge in [-0.15, -0.1) is 0 Å². The quantitative estimate of drug-likeness (QED) is 0.770. The van der Waals surface area contributed by atoms with E-state index in [1.807, 2.05) is 26.6 Å². The molecule has 2 aliphatic heterocycles. The predicted molar refractivity (Wildman–Crippen MR) is 60.4 cm³/mol. The minimum atomic E-state index is 0.167. The summed E-state index contributed by atoms with van der Waals surface area (Å²) in [6.07, 6.45) is 0. The van der Waals surface area contributed by atoms with Gasteiger partial charge in [0.2, 0.25) is 0 Å². The van der Waals surface area contributed by atoms with Crippen molar-refractivity contribution in [3.8, 4) is 0 Å². The molecule has 2 aliphatic rings. The Kier molecular flexibility index (Phi) is 2.14. The first kappa shape index (κ1) is 9.18. The van der Waals surface area contributed by atoms with Crippen molar-refractivity contribution in [3.05, 3.63) is 16.8 Å². The number of amides is 2. The number of hydrogen-bond acceptors (Lipinski definition) is 3. The van der Waals surface area contributed by atoms with E-state index in [9.17, 15) is 4.79 Å². The van der Waals surface area contributed by atoms with Crippen LogP contribution in [0.3, 0.4) is 0 Å². The van der Waals surface area contributed by atoms with Crippen LogP contribution in [0.4, 0.5) is 10.5 Å². The SMILES string of the molecule is O=C1N(c2ccsc2)CC2CNCCN12. The standard InChI is InChI=1S/C10H13N3OS/c14-10-12-3-2-11-5-9(12)6-13(10)8-1-4-15-7-8/h1,4,7,9,11H,2-3,5-6H2. The van der Waals surface area contributed by atoms with E-state index >= 15 is 0 Å². The smallest absolute Gasteiger partial charge is 0.317 e. The lowest BCUT2D eigenvalue weighted by atomic mass is 10.2. The molecule has 15 heavy (non-hydrogen) atoms. The van der Waals surface area contributed by atoms with Crippen molar-refractivity contribution < 1.29 is 4.79 Å². The first-order chi connectivity index (χ1) is 7.36. The Bertz CT molecular complexity index is 365. The molecule has 0 aliphatic carbocycles. The first-order valence-electron chi connectivity index (χ1n) is 5.17. The van der Waals surface area contributed by atoms with Crippen LogP contribution in [0.15, 0.2) is 16.8 Å². The minimum Gasteiger partial charge on any atom is -0.317 e. The second-order valence-corrected chi connectivity index (χ2v) is 4.71. The van der Waals surface area contributed by atoms with Crippen LogP contribution in [0.1, 0.15) is 0 Å². The number of piperazine rings is 1. The molecule has 0 saturated carbocycles. The Hall–Kier alpha value is -1.07. The third-order valence-corrected chi connectivity index (χ3v) is 3.71. The first-order valence-corrected chi connectivity index (χ1v) is 6.11. The molecule has 5 heteroatoms. The molecule has 1 unspecified atom stereocenters. The summed E-state index contributed by atoms with van der Waals surface area (Å²) in [6, 6.07) is 2.53. The molecule has 3 rings (SSSR count). The highest BCUT2D eigenvalue weighted by atomic mass is 32.1. The number of fused-ring (bicyclic) bond motifs is 1. The third kappa shape index (κ3) is 1.42. The summed E-state index contributed by atoms with van der Waals surface area (Å²) < 4.78 is 0. The van der Waals surface area contributed by atoms with Crippen LogP contribution in [0.25, 0.3) is 0 Å². The van der Waals surface area contributed by atoms with Crippen LogP contribution < -0.4 is 10.2 Å². The van der Waals surface area contributed by atoms with Gasteiger partial charge < -0.3 is 10.2 Å². The molecule has 3 heterocycles. The summed E-state index contributed by atoms with van der Waals surface area (Å²) in [5, 5.41) is 7.37. The Morgan fingerprint density at radius 3 is 3.20 bits per heavy atom. The minimum absolute atomic E-state index is 0.167. The number of nitrogens with zero attached hydrogens (tertiary/aromatic N) is 2. The fourth-order valence-electron chi connectivity index (χ4n) is 2.25. The zero-order valence-electron chi connectivity index (χ0n) is 8.35. The lowest BCUT2D eigenvalue weighted by Crippen LogP contribution is -2.49. The molecule has 2 fully saturated rings. The van der Waals surface area contributed by atoms with Gasteiger partial charge in [-0.2, -0.15) is 11.3 Å². The lowest BCUT2D eigenvalue weighted by molar-refractivity contribution is 0.193. The number of carbonyl (C=O) groups is 1. The van der Waals surface area contributed by atoms with E-state index in [1.54, 1.807) is 11.3 Å². The molecular weight excluding hydrogens is 210 g/mol. The molecule has 0 spiro atoms. The maximum Gasteiger partial charge on any atom is 0.324 e. The van der Waals surface area contributed by atoms with Gasteiger partial charge in [-0.3, -0.25) is 4.90 Å². The molecular formula is C10H13N3OS. The number of anilines is 1. The molecule has 2 saturated heterocycles. The highest BCUT2D eigenvalue weighted by Gasteiger charge is 2.38. The summed E-state index contributed by atoms with van der Waals surface area (Å²) in [4.78, 5) is 15.9. The maximum atomic E-state index is 12.1. The van der Waals surface area contributed by atoms with Gasteiger partial charge >= 0.3 is 6.03 Å². The Balaban J connectivity index is 1.85. The Labute approximate surface area is 92.5 Å². The van der Waals surface area contributed by atoms with E-state index in [1.165, 1.54) is 0 Å². The van der Waals surface area contributed by atoms with Gasteiger partial charge in [0, 0.05) is 31.6 Å². The number of nitrogens with one attached hydrogen (secondary N) is 1. The number of rotatable bonds is 1. The zero-order chi connectivity index (χ0) is 10.3. The largest absolute Gasteiger partial charge is 0.324 e. The summed E-state index contributed by atoms with van der Waals surface area (Å²) >= 11 is 1.63. The van der Waals surface area contributed by atoms with Crippen LogP contribution >= 0.6 is 11.3 Å². The van der Waals surface area contributed by atoms with E-state index in [0.717, 1.165) is 31.9 Å². The van der Waals surface area contributed by atoms with Crippen molar-refractivity contribution in [2.75, 3.05) is 31.1 Å². The zero-order valence-corrected chi connectivity index (χ0v) is 9.17. The third-order valence-electron chi connectivity index (χ3n) is 3.04. The summed E-state index contributed by atoms with van der Waals surface area (Å²) in [5.74, 6) is 0. The molecule has 1 N–H and O–H groups in total. The van der Waals surface area contributed by atoms with E-state index in [0.29, 0.717) is 6.04 Å². The van der Waals surface area contributed by atoms with Crippen molar-refractivity contribution in [1.29, 1.82) is 0 Å². The van der Waals surface area contributed by atoms with E-state index < -0.39 is 0 Å². The van der Waals surface area contributed by atoms with Crippen LogP contribution in [-0.4, -0.2) is 43.2 Å². The topological polar surface area (TPSA) is 35.6 Å². The van der Waals surface area contributed by atoms with Gasteiger partial charge in [0.15, 0.2) is 0 Å².